The van der Waals surface area contributed by atoms with E-state index in [1.165, 1.54) is 26.7 Å². The summed E-state index contributed by atoms with van der Waals surface area (Å²) in [6.45, 7) is 25.3. The number of hydrogen-bond donors (Lipinski definition) is 13. The molecule has 4 aromatic rings. The van der Waals surface area contributed by atoms with E-state index in [0.717, 1.165) is 46.3 Å². The number of aliphatic hydroxyl groups is 5. The monoisotopic (exact) mass is 1620 g/mol. The van der Waals surface area contributed by atoms with Crippen LogP contribution in [0.2, 0.25) is 0 Å². The summed E-state index contributed by atoms with van der Waals surface area (Å²) in [6.07, 6.45) is -3.25. The molecular weight excluding hydrogens is 1500 g/mol. The molecule has 4 aliphatic rings. The number of thioether (sulfide) groups is 4. The second kappa shape index (κ2) is 42.4. The van der Waals surface area contributed by atoms with Gasteiger partial charge in [0.1, 0.15) is 29.5 Å². The SMILES string of the molecule is C.CCCC(NC(=O)C1CC2(CN1C(=O)C(NC(=O)OC(C)(C)C)C(C)(C)C)SCCCS2)C(=O)[C@H](O)NCC(O)O.CCCC(NC(=O)C1CC2(CN1[C@H](O)C(NC(=O)OC(C)(C)C)C(C)(C)C)SCCCS2)[C@@H](O)C(=O)NCC(=O)NC(c1ccccc1)c1cccs1.NC(c1ccccc1)c1cccs1. The van der Waals surface area contributed by atoms with Crippen LogP contribution in [0.3, 0.4) is 0 Å². The van der Waals surface area contributed by atoms with Crippen molar-refractivity contribution < 1.29 is 73.4 Å². The number of ether oxygens (including phenoxy) is 2. The van der Waals surface area contributed by atoms with E-state index < -0.39 is 147 Å². The first-order valence-corrected chi connectivity index (χ1v) is 42.3. The molecule has 2 spiro atoms. The Kier molecular flexibility index (Phi) is 36.5. The molecule has 4 saturated heterocycles. The molecule has 2 aromatic heterocycles. The van der Waals surface area contributed by atoms with Crippen molar-refractivity contribution >= 4 is 117 Å². The van der Waals surface area contributed by atoms with Crippen LogP contribution >= 0.6 is 69.7 Å². The molecule has 25 nitrogen and oxygen atoms in total. The Hall–Kier alpha value is -5.52. The van der Waals surface area contributed by atoms with Crippen LogP contribution in [0.4, 0.5) is 9.59 Å². The van der Waals surface area contributed by atoms with Crippen molar-refractivity contribution in [1.29, 1.82) is 0 Å². The summed E-state index contributed by atoms with van der Waals surface area (Å²) in [5, 5.41) is 74.7. The number of nitrogens with two attached hydrogens (primary N) is 1. The number of thiophene rings is 2. The lowest BCUT2D eigenvalue weighted by Gasteiger charge is -2.41. The molecule has 8 rings (SSSR count). The number of Topliss-reactive ketones (excluding diaryl/α,β-unsaturated/α-hetero) is 1. The van der Waals surface area contributed by atoms with E-state index in [4.69, 9.17) is 25.4 Å². The maximum Gasteiger partial charge on any atom is 0.408 e. The third-order valence-electron chi connectivity index (χ3n) is 17.8. The van der Waals surface area contributed by atoms with Gasteiger partial charge in [0.25, 0.3) is 5.91 Å². The molecular formula is C77H120N10O15S6. The largest absolute Gasteiger partial charge is 0.444 e. The number of amides is 7. The average molecular weight is 1620 g/mol. The molecule has 7 amide bonds. The molecule has 14 N–H and O–H groups in total. The molecule has 8 unspecified atom stereocenters. The Balaban J connectivity index is 0.000000335. The summed E-state index contributed by atoms with van der Waals surface area (Å²) in [4.78, 5) is 112. The number of aliphatic hydroxyl groups excluding tert-OH is 4. The zero-order valence-electron chi connectivity index (χ0n) is 64.2. The molecule has 0 bridgehead atoms. The van der Waals surface area contributed by atoms with Crippen LogP contribution in [0.1, 0.15) is 189 Å². The average Bonchev–Trinajstić information content (AvgIpc) is 1.62. The molecule has 0 radical (unpaired) electrons. The first-order chi connectivity index (χ1) is 50.2. The standard InChI is InChI=1S/C38H57N5O7S3.C27H48N4O8S2.C11H11NS.CH4/c1-8-14-25(30(45)33(47)39-22-28(44)41-29(27-17-12-18-51-27)24-15-10-9-11-16-24)40-32(46)26-21-38(52-19-13-20-53-38)23-43(26)34(48)31(36(2,3)4)42-35(49)50-37(5,6)7;1-8-10-16(19(34)22(36)28-14-18(32)33)29-21(35)17-13-27(40-11-9-12-41-27)15-31(17)23(37)20(25(2,3)4)30-24(38)39-26(5,6)7;12-11(10-7-4-8-13-10)9-5-2-1-3-6-9;/h9-12,15-18,25-26,29-31,34,45,48H,8,13-14,19-23H2,1-7H3,(H,39,47)(H,40,46)(H,41,44)(H,42,49);16-18,20,22,28,32-33,36H,8-15H2,1-7H3,(H,29,35)(H,30,38);1-8,11H,12H2;1H4/t25?,26?,29?,30-,31?,34-;16?,17?,20?,22-;;/m10../s1. The third kappa shape index (κ3) is 28.6. The number of rotatable bonds is 27. The smallest absolute Gasteiger partial charge is 0.408 e. The fraction of sp³-hybridized carbons (Fsp3) is 0.636. The fourth-order valence-electron chi connectivity index (χ4n) is 12.6. The minimum Gasteiger partial charge on any atom is -0.444 e. The zero-order valence-corrected chi connectivity index (χ0v) is 69.1. The van der Waals surface area contributed by atoms with Crippen LogP contribution in [0.25, 0.3) is 0 Å². The number of benzene rings is 2. The van der Waals surface area contributed by atoms with Crippen LogP contribution < -0.4 is 43.0 Å². The van der Waals surface area contributed by atoms with Crippen molar-refractivity contribution in [3.05, 3.63) is 117 Å². The Bertz CT molecular complexity index is 3450. The maximum atomic E-state index is 14.2. The highest BCUT2D eigenvalue weighted by atomic mass is 32.2. The summed E-state index contributed by atoms with van der Waals surface area (Å²) >= 11 is 10.2. The van der Waals surface area contributed by atoms with Gasteiger partial charge in [-0.2, -0.15) is 0 Å². The lowest BCUT2D eigenvalue weighted by atomic mass is 9.85. The molecule has 2 aromatic carbocycles. The maximum absolute atomic E-state index is 14.2. The van der Waals surface area contributed by atoms with Gasteiger partial charge in [0, 0.05) is 35.8 Å². The van der Waals surface area contributed by atoms with E-state index in [0.29, 0.717) is 45.2 Å². The van der Waals surface area contributed by atoms with Gasteiger partial charge in [0.2, 0.25) is 23.6 Å². The summed E-state index contributed by atoms with van der Waals surface area (Å²) in [5.74, 6) is 0.357. The topological polar surface area (TPSA) is 373 Å². The third-order valence-corrected chi connectivity index (χ3v) is 26.4. The van der Waals surface area contributed by atoms with E-state index in [1.807, 2.05) is 127 Å². The van der Waals surface area contributed by atoms with Crippen molar-refractivity contribution in [1.82, 2.24) is 47.0 Å². The number of carbonyl (C=O) groups excluding carboxylic acids is 8. The predicted octanol–water partition coefficient (Wildman–Crippen LogP) is 9.21. The van der Waals surface area contributed by atoms with Crippen molar-refractivity contribution in [2.24, 2.45) is 16.6 Å². The highest BCUT2D eigenvalue weighted by Crippen LogP contribution is 2.52. The van der Waals surface area contributed by atoms with E-state index in [-0.39, 0.29) is 30.5 Å². The summed E-state index contributed by atoms with van der Waals surface area (Å²) in [6, 6.07) is 21.8. The second-order valence-corrected chi connectivity index (χ2v) is 39.7. The van der Waals surface area contributed by atoms with Gasteiger partial charge in [0.05, 0.1) is 51.0 Å². The van der Waals surface area contributed by atoms with Gasteiger partial charge in [-0.25, -0.2) is 9.59 Å². The van der Waals surface area contributed by atoms with Gasteiger partial charge in [0.15, 0.2) is 24.4 Å². The number of nitrogens with zero attached hydrogens (tertiary/aromatic N) is 2. The van der Waals surface area contributed by atoms with E-state index in [1.54, 1.807) is 105 Å². The van der Waals surface area contributed by atoms with Crippen LogP contribution in [-0.4, -0.2) is 212 Å². The molecule has 4 fully saturated rings. The number of carbonyl (C=O) groups is 8. The van der Waals surface area contributed by atoms with Crippen LogP contribution in [0.5, 0.6) is 0 Å². The number of ketones is 1. The normalized spacial score (nSPS) is 19.7. The Morgan fingerprint density at radius 3 is 1.58 bits per heavy atom. The minimum atomic E-state index is -1.76. The summed E-state index contributed by atoms with van der Waals surface area (Å²) in [5.41, 5.74) is 5.31. The summed E-state index contributed by atoms with van der Waals surface area (Å²) < 4.78 is 10.2. The number of hydrogen-bond acceptors (Lipinski definition) is 24. The van der Waals surface area contributed by atoms with E-state index in [9.17, 15) is 53.7 Å². The minimum absolute atomic E-state index is 0. The van der Waals surface area contributed by atoms with Crippen molar-refractivity contribution in [3.63, 3.8) is 0 Å². The van der Waals surface area contributed by atoms with E-state index in [2.05, 4.69) is 60.8 Å². The van der Waals surface area contributed by atoms with Crippen molar-refractivity contribution in [3.8, 4) is 0 Å². The second-order valence-electron chi connectivity index (χ2n) is 31.3. The van der Waals surface area contributed by atoms with Crippen LogP contribution in [-0.2, 0) is 38.2 Å². The van der Waals surface area contributed by atoms with Crippen molar-refractivity contribution in [2.45, 2.75) is 248 Å². The predicted molar refractivity (Wildman–Crippen MR) is 435 cm³/mol. The Morgan fingerprint density at radius 2 is 1.09 bits per heavy atom. The molecule has 11 atom stereocenters. The number of likely N-dealkylation sites (tertiary alicyclic amines) is 2. The van der Waals surface area contributed by atoms with Crippen molar-refractivity contribution in [2.75, 3.05) is 49.2 Å². The molecule has 0 saturated carbocycles. The molecule has 0 aliphatic carbocycles. The lowest BCUT2D eigenvalue weighted by Crippen LogP contribution is -2.61. The lowest BCUT2D eigenvalue weighted by molar-refractivity contribution is -0.143. The highest BCUT2D eigenvalue weighted by molar-refractivity contribution is 8.19. The van der Waals surface area contributed by atoms with Crippen LogP contribution in [0.15, 0.2) is 95.7 Å². The zero-order chi connectivity index (χ0) is 79.2. The van der Waals surface area contributed by atoms with Crippen LogP contribution in [0, 0.1) is 10.8 Å². The van der Waals surface area contributed by atoms with Gasteiger partial charge in [-0.15, -0.1) is 69.7 Å². The van der Waals surface area contributed by atoms with Gasteiger partial charge in [-0.05, 0) is 142 Å². The highest BCUT2D eigenvalue weighted by Gasteiger charge is 2.55. The molecule has 604 valence electrons. The van der Waals surface area contributed by atoms with E-state index >= 15 is 0 Å². The summed E-state index contributed by atoms with van der Waals surface area (Å²) in [7, 11) is 0. The Morgan fingerprint density at radius 1 is 0.593 bits per heavy atom. The quantitative estimate of drug-likeness (QED) is 0.0247. The van der Waals surface area contributed by atoms with Gasteiger partial charge in [-0.3, -0.25) is 39.0 Å². The Labute approximate surface area is 663 Å². The molecule has 6 heterocycles. The van der Waals surface area contributed by atoms with Gasteiger partial charge in [-0.1, -0.05) is 148 Å². The number of nitrogens with one attached hydrogen (secondary N) is 7. The molecule has 31 heteroatoms. The molecule has 108 heavy (non-hydrogen) atoms. The first kappa shape index (κ1) is 93.1. The van der Waals surface area contributed by atoms with Gasteiger partial charge < -0.3 is 77.5 Å². The van der Waals surface area contributed by atoms with Gasteiger partial charge >= 0.3 is 12.2 Å². The fourth-order valence-corrected chi connectivity index (χ4v) is 20.9. The molecule has 4 aliphatic heterocycles. The number of alkyl carbamates (subject to hydrolysis) is 2. The first-order valence-electron chi connectivity index (χ1n) is 36.6.